The number of likely N-dealkylation sites (tertiary alicyclic amines) is 1. The van der Waals surface area contributed by atoms with Crippen molar-refractivity contribution in [1.29, 1.82) is 0 Å². The molecule has 5 heteroatoms. The Hall–Kier alpha value is -2.04. The van der Waals surface area contributed by atoms with E-state index in [0.29, 0.717) is 31.2 Å². The Labute approximate surface area is 137 Å². The fraction of sp³-hybridized carbons (Fsp3) is 0.556. The maximum atomic E-state index is 12.5. The van der Waals surface area contributed by atoms with Crippen LogP contribution < -0.4 is 10.5 Å². The molecular weight excluding hydrogens is 292 g/mol. The highest BCUT2D eigenvalue weighted by Gasteiger charge is 2.27. The summed E-state index contributed by atoms with van der Waals surface area (Å²) in [5.74, 6) is 0.774. The second kappa shape index (κ2) is 7.99. The van der Waals surface area contributed by atoms with Gasteiger partial charge >= 0.3 is 0 Å². The summed E-state index contributed by atoms with van der Waals surface area (Å²) < 4.78 is 5.66. The number of carbonyl (C=O) groups is 2. The molecule has 1 fully saturated rings. The molecule has 1 saturated heterocycles. The predicted molar refractivity (Wildman–Crippen MR) is 89.2 cm³/mol. The van der Waals surface area contributed by atoms with Gasteiger partial charge in [-0.3, -0.25) is 9.59 Å². The molecular formula is C18H26N2O3. The monoisotopic (exact) mass is 318 g/mol. The topological polar surface area (TPSA) is 72.6 Å². The fourth-order valence-corrected chi connectivity index (χ4v) is 2.68. The van der Waals surface area contributed by atoms with Gasteiger partial charge in [-0.15, -0.1) is 0 Å². The number of amides is 2. The number of rotatable bonds is 6. The van der Waals surface area contributed by atoms with Gasteiger partial charge < -0.3 is 15.4 Å². The lowest BCUT2D eigenvalue weighted by molar-refractivity contribution is -0.123. The summed E-state index contributed by atoms with van der Waals surface area (Å²) in [6.45, 7) is 6.08. The van der Waals surface area contributed by atoms with E-state index in [1.165, 1.54) is 0 Å². The second-order valence-corrected chi connectivity index (χ2v) is 6.55. The van der Waals surface area contributed by atoms with Crippen molar-refractivity contribution in [1.82, 2.24) is 4.90 Å². The van der Waals surface area contributed by atoms with E-state index in [0.717, 1.165) is 25.0 Å². The number of nitrogens with two attached hydrogens (primary N) is 1. The highest BCUT2D eigenvalue weighted by Crippen LogP contribution is 2.20. The Morgan fingerprint density at radius 2 is 2.00 bits per heavy atom. The molecule has 1 aromatic rings. The summed E-state index contributed by atoms with van der Waals surface area (Å²) in [4.78, 5) is 25.6. The quantitative estimate of drug-likeness (QED) is 0.875. The lowest BCUT2D eigenvalue weighted by Crippen LogP contribution is -2.44. The Morgan fingerprint density at radius 1 is 1.30 bits per heavy atom. The Bertz CT molecular complexity index is 540. The first-order valence-corrected chi connectivity index (χ1v) is 8.29. The lowest BCUT2D eigenvalue weighted by Gasteiger charge is -2.31. The average molecular weight is 318 g/mol. The van der Waals surface area contributed by atoms with Gasteiger partial charge in [0.2, 0.25) is 5.91 Å². The lowest BCUT2D eigenvalue weighted by atomic mass is 9.97. The minimum Gasteiger partial charge on any atom is -0.494 e. The molecule has 0 bridgehead atoms. The highest BCUT2D eigenvalue weighted by molar-refractivity contribution is 5.94. The molecule has 1 aliphatic rings. The predicted octanol–water partition coefficient (Wildman–Crippen LogP) is 2.45. The van der Waals surface area contributed by atoms with Crippen LogP contribution in [0.1, 0.15) is 43.5 Å². The van der Waals surface area contributed by atoms with Gasteiger partial charge in [0.25, 0.3) is 5.91 Å². The van der Waals surface area contributed by atoms with Crippen LogP contribution in [0.15, 0.2) is 24.3 Å². The minimum atomic E-state index is -0.323. The van der Waals surface area contributed by atoms with Crippen molar-refractivity contribution in [2.45, 2.75) is 33.1 Å². The zero-order valence-corrected chi connectivity index (χ0v) is 14.0. The zero-order chi connectivity index (χ0) is 16.8. The first-order chi connectivity index (χ1) is 11.0. The summed E-state index contributed by atoms with van der Waals surface area (Å²) >= 11 is 0. The van der Waals surface area contributed by atoms with Crippen molar-refractivity contribution in [2.24, 2.45) is 17.6 Å². The Morgan fingerprint density at radius 3 is 2.61 bits per heavy atom. The van der Waals surface area contributed by atoms with Gasteiger partial charge in [-0.1, -0.05) is 13.8 Å². The first-order valence-electron chi connectivity index (χ1n) is 8.29. The van der Waals surface area contributed by atoms with Crippen LogP contribution in [0, 0.1) is 11.8 Å². The molecule has 126 valence electrons. The minimum absolute atomic E-state index is 0.0512. The summed E-state index contributed by atoms with van der Waals surface area (Å²) in [5, 5.41) is 0. The van der Waals surface area contributed by atoms with E-state index >= 15 is 0 Å². The Kier molecular flexibility index (Phi) is 6.02. The molecule has 0 aliphatic carbocycles. The maximum absolute atomic E-state index is 12.5. The molecule has 23 heavy (non-hydrogen) atoms. The van der Waals surface area contributed by atoms with Crippen LogP contribution in [0.4, 0.5) is 0 Å². The van der Waals surface area contributed by atoms with Gasteiger partial charge in [-0.2, -0.15) is 0 Å². The number of nitrogens with zero attached hydrogens (tertiary/aromatic N) is 1. The van der Waals surface area contributed by atoms with E-state index in [2.05, 4.69) is 13.8 Å². The molecule has 0 radical (unpaired) electrons. The first kappa shape index (κ1) is 17.3. The van der Waals surface area contributed by atoms with Crippen LogP contribution in [-0.2, 0) is 4.79 Å². The second-order valence-electron chi connectivity index (χ2n) is 6.55. The molecule has 2 amide bonds. The molecule has 0 spiro atoms. The molecule has 5 nitrogen and oxygen atoms in total. The van der Waals surface area contributed by atoms with Crippen LogP contribution in [-0.4, -0.2) is 36.4 Å². The largest absolute Gasteiger partial charge is 0.494 e. The summed E-state index contributed by atoms with van der Waals surface area (Å²) in [5.41, 5.74) is 5.98. The van der Waals surface area contributed by atoms with Crippen LogP contribution in [0.5, 0.6) is 5.75 Å². The van der Waals surface area contributed by atoms with E-state index in [1.807, 2.05) is 12.1 Å². The maximum Gasteiger partial charge on any atom is 0.253 e. The van der Waals surface area contributed by atoms with Gasteiger partial charge in [0.1, 0.15) is 5.75 Å². The molecule has 2 rings (SSSR count). The third-order valence-corrected chi connectivity index (χ3v) is 4.18. The standard InChI is InChI=1S/C18H26N2O3/c1-13(2)9-11-23-16-7-5-14(6-8-16)18(22)20-10-3-4-15(12-20)17(19)21/h5-8,13,15H,3-4,9-12H2,1-2H3,(H2,19,21). The van der Waals surface area contributed by atoms with Gasteiger partial charge in [-0.05, 0) is 49.4 Å². The van der Waals surface area contributed by atoms with Crippen molar-refractivity contribution in [3.05, 3.63) is 29.8 Å². The van der Waals surface area contributed by atoms with Crippen LogP contribution in [0.2, 0.25) is 0 Å². The normalized spacial score (nSPS) is 18.0. The average Bonchev–Trinajstić information content (AvgIpc) is 2.54. The molecule has 0 aromatic heterocycles. The number of carbonyl (C=O) groups excluding carboxylic acids is 2. The van der Waals surface area contributed by atoms with E-state index in [4.69, 9.17) is 10.5 Å². The van der Waals surface area contributed by atoms with E-state index in [-0.39, 0.29) is 17.7 Å². The number of piperidine rings is 1. The van der Waals surface area contributed by atoms with Crippen LogP contribution >= 0.6 is 0 Å². The van der Waals surface area contributed by atoms with Crippen molar-refractivity contribution >= 4 is 11.8 Å². The number of hydrogen-bond acceptors (Lipinski definition) is 3. The van der Waals surface area contributed by atoms with Crippen molar-refractivity contribution < 1.29 is 14.3 Å². The van der Waals surface area contributed by atoms with Crippen LogP contribution in [0.25, 0.3) is 0 Å². The highest BCUT2D eigenvalue weighted by atomic mass is 16.5. The SMILES string of the molecule is CC(C)CCOc1ccc(C(=O)N2CCCC(C(N)=O)C2)cc1. The summed E-state index contributed by atoms with van der Waals surface area (Å²) in [6, 6.07) is 7.20. The van der Waals surface area contributed by atoms with Gasteiger partial charge in [0.05, 0.1) is 12.5 Å². The van der Waals surface area contributed by atoms with Crippen molar-refractivity contribution in [2.75, 3.05) is 19.7 Å². The smallest absolute Gasteiger partial charge is 0.253 e. The van der Waals surface area contributed by atoms with Gasteiger partial charge in [0.15, 0.2) is 0 Å². The zero-order valence-electron chi connectivity index (χ0n) is 14.0. The van der Waals surface area contributed by atoms with Crippen molar-refractivity contribution in [3.63, 3.8) is 0 Å². The third kappa shape index (κ3) is 4.98. The van der Waals surface area contributed by atoms with E-state index in [1.54, 1.807) is 17.0 Å². The van der Waals surface area contributed by atoms with Crippen molar-refractivity contribution in [3.8, 4) is 5.75 Å². The molecule has 1 aliphatic heterocycles. The Balaban J connectivity index is 1.93. The molecule has 1 unspecified atom stereocenters. The van der Waals surface area contributed by atoms with Crippen LogP contribution in [0.3, 0.4) is 0 Å². The molecule has 1 heterocycles. The third-order valence-electron chi connectivity index (χ3n) is 4.18. The molecule has 1 atom stereocenters. The summed E-state index contributed by atoms with van der Waals surface area (Å²) in [7, 11) is 0. The summed E-state index contributed by atoms with van der Waals surface area (Å²) in [6.07, 6.45) is 2.58. The molecule has 0 saturated carbocycles. The molecule has 2 N–H and O–H groups in total. The fourth-order valence-electron chi connectivity index (χ4n) is 2.68. The van der Waals surface area contributed by atoms with E-state index < -0.39 is 0 Å². The number of benzene rings is 1. The number of primary amides is 1. The number of hydrogen-bond donors (Lipinski definition) is 1. The van der Waals surface area contributed by atoms with E-state index in [9.17, 15) is 9.59 Å². The van der Waals surface area contributed by atoms with Gasteiger partial charge in [0, 0.05) is 18.7 Å². The molecule has 1 aromatic carbocycles. The number of ether oxygens (including phenoxy) is 1. The van der Waals surface area contributed by atoms with Gasteiger partial charge in [-0.25, -0.2) is 0 Å².